The van der Waals surface area contributed by atoms with Gasteiger partial charge in [0.25, 0.3) is 6.33 Å². The molecule has 6 heteroatoms. The van der Waals surface area contributed by atoms with Gasteiger partial charge >= 0.3 is 0 Å². The summed E-state index contributed by atoms with van der Waals surface area (Å²) >= 11 is 0. The number of imidazole rings is 1. The topological polar surface area (TPSA) is 35.9 Å². The maximum atomic E-state index is 9.74. The Hall–Kier alpha value is -7.33. The molecule has 72 heavy (non-hydrogen) atoms. The van der Waals surface area contributed by atoms with Gasteiger partial charge < -0.3 is 13.9 Å². The first kappa shape index (κ1) is 38.4. The van der Waals surface area contributed by atoms with Crippen LogP contribution in [0.25, 0.3) is 94.5 Å². The zero-order valence-electron chi connectivity index (χ0n) is 49.6. The van der Waals surface area contributed by atoms with Crippen LogP contribution in [0.3, 0.4) is 0 Å². The van der Waals surface area contributed by atoms with Crippen molar-refractivity contribution in [3.63, 3.8) is 0 Å². The van der Waals surface area contributed by atoms with E-state index in [2.05, 4.69) is 128 Å². The third-order valence-electron chi connectivity index (χ3n) is 13.7. The number of hydrogen-bond donors (Lipinski definition) is 0. The number of aromatic nitrogens is 4. The molecule has 0 saturated carbocycles. The molecule has 5 nitrogen and oxygen atoms in total. The summed E-state index contributed by atoms with van der Waals surface area (Å²) in [4.78, 5) is 4.85. The minimum absolute atomic E-state index is 0. The standard InChI is InChI=1S/C66H56N4O.Pt/c1-64(2,3)43-33-34-67-61(38-43)70-58-29-15-14-25-54(58)55-32-31-48(40-60(55)70)71-47-20-16-19-46(39-47)68-41-69-62-49(42-35-44(65(4,5)6)37-45(36-42)66(7,8)9)26-17-27-56(62)52-23-12-10-21-50(52)51-22-11-13-24-53(51)57-28-18-30-59(68)63(57)69;/h10-38H,1-9H3;/q-2;/i10D,11D,12D,13D,21D,22D,23D,24D;. The first-order chi connectivity index (χ1) is 37.4. The van der Waals surface area contributed by atoms with Crippen molar-refractivity contribution in [1.82, 2.24) is 14.1 Å². The summed E-state index contributed by atoms with van der Waals surface area (Å²) in [6.07, 6.45) is 5.55. The summed E-state index contributed by atoms with van der Waals surface area (Å²) in [5, 5.41) is 2.05. The van der Waals surface area contributed by atoms with E-state index in [9.17, 15) is 5.48 Å². The van der Waals surface area contributed by atoms with E-state index >= 15 is 0 Å². The van der Waals surface area contributed by atoms with Crippen molar-refractivity contribution in [3.8, 4) is 73.2 Å². The van der Waals surface area contributed by atoms with Crippen molar-refractivity contribution in [3.05, 3.63) is 211 Å². The quantitative estimate of drug-likeness (QED) is 0.127. The number of rotatable bonds is 5. The van der Waals surface area contributed by atoms with Crippen LogP contribution in [0.2, 0.25) is 0 Å². The van der Waals surface area contributed by atoms with Crippen LogP contribution in [0.4, 0.5) is 0 Å². The van der Waals surface area contributed by atoms with Gasteiger partial charge in [0.15, 0.2) is 0 Å². The second kappa shape index (κ2) is 17.5. The molecule has 0 saturated heterocycles. The van der Waals surface area contributed by atoms with Gasteiger partial charge in [-0.05, 0) is 107 Å². The van der Waals surface area contributed by atoms with Gasteiger partial charge in [-0.15, -0.1) is 29.7 Å². The van der Waals surface area contributed by atoms with Crippen molar-refractivity contribution in [2.24, 2.45) is 0 Å². The van der Waals surface area contributed by atoms with Gasteiger partial charge in [0.05, 0.1) is 27.7 Å². The minimum Gasteiger partial charge on any atom is -0.510 e. The Balaban J connectivity index is 0.00000675. The number of nitrogens with zero attached hydrogens (tertiary/aromatic N) is 4. The van der Waals surface area contributed by atoms with Gasteiger partial charge in [-0.25, -0.2) is 4.98 Å². The normalized spacial score (nSPS) is 14.0. The van der Waals surface area contributed by atoms with Crippen LogP contribution in [0.1, 0.15) is 90.0 Å². The van der Waals surface area contributed by atoms with Gasteiger partial charge in [0, 0.05) is 44.3 Å². The molecule has 4 heterocycles. The largest absolute Gasteiger partial charge is 0.510 e. The monoisotopic (exact) mass is 1120 g/mol. The Morgan fingerprint density at radius 3 is 1.81 bits per heavy atom. The Labute approximate surface area is 448 Å². The zero-order valence-corrected chi connectivity index (χ0v) is 43.9. The molecule has 0 amide bonds. The summed E-state index contributed by atoms with van der Waals surface area (Å²) < 4.78 is 87.4. The third-order valence-corrected chi connectivity index (χ3v) is 13.7. The van der Waals surface area contributed by atoms with E-state index in [1.165, 1.54) is 0 Å². The molecule has 0 N–H and O–H groups in total. The van der Waals surface area contributed by atoms with Crippen LogP contribution in [-0.2, 0) is 37.3 Å². The van der Waals surface area contributed by atoms with Crippen LogP contribution in [0.15, 0.2) is 176 Å². The fraction of sp³-hybridized carbons (Fsp3) is 0.182. The number of ether oxygens (including phenoxy) is 1. The minimum atomic E-state index is -0.524. The molecule has 0 aliphatic carbocycles. The summed E-state index contributed by atoms with van der Waals surface area (Å²) in [5.41, 5.74) is 9.25. The van der Waals surface area contributed by atoms with Crippen molar-refractivity contribution < 1.29 is 41.3 Å². The number of para-hydroxylation sites is 3. The SMILES string of the molecule is [2H]c1c([2H])c([2H])c2c(c1[2H])-c1cccc(-c3cc(C(C)(C)C)cc(C(C)(C)C)c3)c1-[n+]1[c-]n(-c3[c-]c(Oc4[c-]c5c(cc4)c4ccccc4n5-c4cc(C(C)(C)C)ccn4)ccc3)c3cccc(c31)-c1c([2H])c([2H])c([2H])c([2H])c1-2.[Pt]. The van der Waals surface area contributed by atoms with Gasteiger partial charge in [-0.2, -0.15) is 18.2 Å². The average Bonchev–Trinajstić information content (AvgIpc) is 3.97. The number of pyridine rings is 1. The molecule has 358 valence electrons. The molecule has 0 radical (unpaired) electrons. The predicted molar refractivity (Wildman–Crippen MR) is 291 cm³/mol. The molecule has 0 bridgehead atoms. The van der Waals surface area contributed by atoms with E-state index in [1.54, 1.807) is 6.07 Å². The van der Waals surface area contributed by atoms with Crippen molar-refractivity contribution >= 4 is 32.8 Å². The number of fused-ring (bicyclic) bond motifs is 10. The first-order valence-electron chi connectivity index (χ1n) is 28.1. The molecule has 0 unspecified atom stereocenters. The molecule has 0 fully saturated rings. The van der Waals surface area contributed by atoms with Gasteiger partial charge in [-0.1, -0.05) is 189 Å². The van der Waals surface area contributed by atoms with E-state index in [1.807, 2.05) is 88.1 Å². The van der Waals surface area contributed by atoms with Crippen molar-refractivity contribution in [2.45, 2.75) is 78.6 Å². The van der Waals surface area contributed by atoms with E-state index < -0.39 is 36.3 Å². The van der Waals surface area contributed by atoms with Crippen molar-refractivity contribution in [1.29, 1.82) is 0 Å². The Morgan fingerprint density at radius 2 is 1.11 bits per heavy atom. The number of hydrogen-bond acceptors (Lipinski definition) is 2. The average molecular weight is 1120 g/mol. The zero-order chi connectivity index (χ0) is 55.9. The van der Waals surface area contributed by atoms with E-state index in [0.717, 1.165) is 55.4 Å². The van der Waals surface area contributed by atoms with Crippen molar-refractivity contribution in [2.75, 3.05) is 0 Å². The van der Waals surface area contributed by atoms with Gasteiger partial charge in [0.2, 0.25) is 0 Å². The summed E-state index contributed by atoms with van der Waals surface area (Å²) in [7, 11) is 0. The molecule has 1 aliphatic rings. The van der Waals surface area contributed by atoms with Gasteiger partial charge in [-0.3, -0.25) is 4.57 Å². The molecule has 0 spiro atoms. The fourth-order valence-electron chi connectivity index (χ4n) is 9.89. The predicted octanol–water partition coefficient (Wildman–Crippen LogP) is 16.5. The summed E-state index contributed by atoms with van der Waals surface area (Å²) in [6, 6.07) is 43.4. The van der Waals surface area contributed by atoms with Crippen LogP contribution >= 0.6 is 0 Å². The smallest absolute Gasteiger partial charge is 0.268 e. The molecule has 8 aromatic carbocycles. The third kappa shape index (κ3) is 7.99. The van der Waals surface area contributed by atoms with Gasteiger partial charge in [0.1, 0.15) is 5.82 Å². The second-order valence-electron chi connectivity index (χ2n) is 21.5. The van der Waals surface area contributed by atoms with Crippen LogP contribution in [0, 0.1) is 18.5 Å². The fourth-order valence-corrected chi connectivity index (χ4v) is 9.89. The van der Waals surface area contributed by atoms with Crippen LogP contribution in [-0.4, -0.2) is 14.1 Å². The van der Waals surface area contributed by atoms with Crippen LogP contribution < -0.4 is 9.30 Å². The Bertz CT molecular complexity index is 4370. The van der Waals surface area contributed by atoms with E-state index in [-0.39, 0.29) is 71.6 Å². The maximum absolute atomic E-state index is 9.74. The second-order valence-corrected chi connectivity index (χ2v) is 21.5. The summed E-state index contributed by atoms with van der Waals surface area (Å²) in [6.45, 7) is 19.6. The molecule has 3 aromatic heterocycles. The molecular formula is C66H56N4OPt-2. The Kier molecular flexibility index (Phi) is 9.30. The first-order valence-corrected chi connectivity index (χ1v) is 24.1. The molecule has 0 atom stereocenters. The molecular weight excluding hydrogens is 1060 g/mol. The summed E-state index contributed by atoms with van der Waals surface area (Å²) in [5.74, 6) is 1.62. The number of benzene rings is 8. The molecule has 11 aromatic rings. The van der Waals surface area contributed by atoms with E-state index in [0.29, 0.717) is 45.0 Å². The van der Waals surface area contributed by atoms with Crippen LogP contribution in [0.5, 0.6) is 11.5 Å². The Morgan fingerprint density at radius 1 is 0.528 bits per heavy atom. The molecule has 12 rings (SSSR count). The van der Waals surface area contributed by atoms with E-state index in [4.69, 9.17) is 15.2 Å². The maximum Gasteiger partial charge on any atom is 0.268 e. The molecule has 1 aliphatic heterocycles.